The standard InChI is InChI=1S/C18H20F2N4O2/c1-10-4-3-5-12-13(7-22-16(10)12)17(26)23-8-15(25)24-9-18(19,20)6-14(24)11(2)21/h3-5,7,14,21-22H,6,8-9H2,1-2H3,(H,23,26)/t14-/m0/s1. The third-order valence-electron chi connectivity index (χ3n) is 4.66. The van der Waals surface area contributed by atoms with Crippen LogP contribution < -0.4 is 5.32 Å². The first-order valence-corrected chi connectivity index (χ1v) is 8.27. The molecule has 8 heteroatoms. The van der Waals surface area contributed by atoms with Crippen LogP contribution in [0.1, 0.15) is 29.3 Å². The number of aromatic amines is 1. The van der Waals surface area contributed by atoms with Crippen LogP contribution >= 0.6 is 0 Å². The summed E-state index contributed by atoms with van der Waals surface area (Å²) >= 11 is 0. The van der Waals surface area contributed by atoms with Crippen molar-refractivity contribution >= 4 is 28.4 Å². The summed E-state index contributed by atoms with van der Waals surface area (Å²) in [6.07, 6.45) is 1.01. The predicted molar refractivity (Wildman–Crippen MR) is 93.8 cm³/mol. The van der Waals surface area contributed by atoms with Crippen molar-refractivity contribution in [1.29, 1.82) is 5.41 Å². The van der Waals surface area contributed by atoms with E-state index in [1.807, 2.05) is 19.1 Å². The van der Waals surface area contributed by atoms with Gasteiger partial charge in [0.05, 0.1) is 24.7 Å². The Morgan fingerprint density at radius 3 is 2.85 bits per heavy atom. The summed E-state index contributed by atoms with van der Waals surface area (Å²) in [5.41, 5.74) is 2.22. The Balaban J connectivity index is 1.70. The first-order valence-electron chi connectivity index (χ1n) is 8.27. The summed E-state index contributed by atoms with van der Waals surface area (Å²) in [4.78, 5) is 28.7. The number of carbonyl (C=O) groups excluding carboxylic acids is 2. The minimum atomic E-state index is -3.01. The lowest BCUT2D eigenvalue weighted by Crippen LogP contribution is -2.45. The first kappa shape index (κ1) is 18.0. The molecule has 0 aliphatic carbocycles. The number of alkyl halides is 2. The van der Waals surface area contributed by atoms with Crippen molar-refractivity contribution in [1.82, 2.24) is 15.2 Å². The highest BCUT2D eigenvalue weighted by Crippen LogP contribution is 2.32. The van der Waals surface area contributed by atoms with E-state index < -0.39 is 43.3 Å². The molecule has 0 unspecified atom stereocenters. The number of amides is 2. The van der Waals surface area contributed by atoms with Gasteiger partial charge in [-0.2, -0.15) is 0 Å². The molecule has 1 aliphatic heterocycles. The molecule has 1 atom stereocenters. The Labute approximate surface area is 149 Å². The minimum Gasteiger partial charge on any atom is -0.360 e. The number of H-pyrrole nitrogens is 1. The van der Waals surface area contributed by atoms with Gasteiger partial charge < -0.3 is 20.6 Å². The Hall–Kier alpha value is -2.77. The number of aromatic nitrogens is 1. The van der Waals surface area contributed by atoms with Gasteiger partial charge in [0.2, 0.25) is 5.91 Å². The van der Waals surface area contributed by atoms with Crippen molar-refractivity contribution < 1.29 is 18.4 Å². The van der Waals surface area contributed by atoms with E-state index in [-0.39, 0.29) is 5.71 Å². The molecule has 26 heavy (non-hydrogen) atoms. The van der Waals surface area contributed by atoms with E-state index in [9.17, 15) is 18.4 Å². The number of nitrogens with zero attached hydrogens (tertiary/aromatic N) is 1. The molecule has 0 bridgehead atoms. The quantitative estimate of drug-likeness (QED) is 0.730. The number of para-hydroxylation sites is 1. The highest BCUT2D eigenvalue weighted by molar-refractivity contribution is 6.08. The molecule has 2 heterocycles. The second-order valence-electron chi connectivity index (χ2n) is 6.66. The fraction of sp³-hybridized carbons (Fsp3) is 0.389. The zero-order valence-corrected chi connectivity index (χ0v) is 14.5. The van der Waals surface area contributed by atoms with Gasteiger partial charge >= 0.3 is 0 Å². The third kappa shape index (κ3) is 3.31. The number of benzene rings is 1. The first-order chi connectivity index (χ1) is 12.2. The summed E-state index contributed by atoms with van der Waals surface area (Å²) in [6, 6.07) is 4.62. The lowest BCUT2D eigenvalue weighted by Gasteiger charge is -2.23. The average Bonchev–Trinajstić information content (AvgIpc) is 3.14. The van der Waals surface area contributed by atoms with Crippen LogP contribution in [0.25, 0.3) is 10.9 Å². The monoisotopic (exact) mass is 362 g/mol. The molecule has 1 aromatic carbocycles. The van der Waals surface area contributed by atoms with E-state index in [0.29, 0.717) is 5.56 Å². The summed E-state index contributed by atoms with van der Waals surface area (Å²) in [6.45, 7) is 2.20. The van der Waals surface area contributed by atoms with E-state index >= 15 is 0 Å². The van der Waals surface area contributed by atoms with E-state index in [1.165, 1.54) is 6.92 Å². The molecule has 1 aromatic heterocycles. The maximum absolute atomic E-state index is 13.6. The number of fused-ring (bicyclic) bond motifs is 1. The topological polar surface area (TPSA) is 89.1 Å². The molecule has 2 amide bonds. The van der Waals surface area contributed by atoms with Gasteiger partial charge in [-0.15, -0.1) is 0 Å². The normalized spacial score (nSPS) is 18.9. The molecule has 0 saturated carbocycles. The largest absolute Gasteiger partial charge is 0.360 e. The molecule has 1 saturated heterocycles. The van der Waals surface area contributed by atoms with Crippen LogP contribution in [0, 0.1) is 12.3 Å². The van der Waals surface area contributed by atoms with Crippen LogP contribution in [-0.2, 0) is 4.79 Å². The molecule has 0 spiro atoms. The molecule has 138 valence electrons. The number of carbonyl (C=O) groups is 2. The molecular formula is C18H20F2N4O2. The number of rotatable bonds is 4. The van der Waals surface area contributed by atoms with Crippen LogP contribution in [-0.4, -0.2) is 52.5 Å². The molecule has 1 fully saturated rings. The van der Waals surface area contributed by atoms with Crippen molar-refractivity contribution in [3.8, 4) is 0 Å². The molecule has 3 rings (SSSR count). The van der Waals surface area contributed by atoms with Crippen molar-refractivity contribution in [2.24, 2.45) is 0 Å². The van der Waals surface area contributed by atoms with E-state index in [4.69, 9.17) is 5.41 Å². The summed E-state index contributed by atoms with van der Waals surface area (Å²) in [5.74, 6) is -4.09. The van der Waals surface area contributed by atoms with Gasteiger partial charge in [0.15, 0.2) is 0 Å². The molecular weight excluding hydrogens is 342 g/mol. The Morgan fingerprint density at radius 2 is 2.15 bits per heavy atom. The van der Waals surface area contributed by atoms with E-state index in [2.05, 4.69) is 10.3 Å². The lowest BCUT2D eigenvalue weighted by molar-refractivity contribution is -0.131. The maximum Gasteiger partial charge on any atom is 0.267 e. The number of nitrogens with one attached hydrogen (secondary N) is 3. The number of hydrogen-bond donors (Lipinski definition) is 3. The van der Waals surface area contributed by atoms with E-state index in [0.717, 1.165) is 21.4 Å². The maximum atomic E-state index is 13.6. The third-order valence-corrected chi connectivity index (χ3v) is 4.66. The lowest BCUT2D eigenvalue weighted by atomic mass is 10.1. The van der Waals surface area contributed by atoms with Gasteiger partial charge in [0.1, 0.15) is 0 Å². The SMILES string of the molecule is CC(=N)[C@@H]1CC(F)(F)CN1C(=O)CNC(=O)c1c[nH]c2c(C)cccc12. The molecule has 6 nitrogen and oxygen atoms in total. The number of halogens is 2. The molecule has 1 aliphatic rings. The molecule has 0 radical (unpaired) electrons. The number of likely N-dealkylation sites (tertiary alicyclic amines) is 1. The van der Waals surface area contributed by atoms with Gasteiger partial charge in [-0.25, -0.2) is 8.78 Å². The van der Waals surface area contributed by atoms with Gasteiger partial charge in [0.25, 0.3) is 11.8 Å². The van der Waals surface area contributed by atoms with Gasteiger partial charge in [0, 0.05) is 29.2 Å². The summed E-state index contributed by atoms with van der Waals surface area (Å²) in [7, 11) is 0. The van der Waals surface area contributed by atoms with Crippen molar-refractivity contribution in [2.75, 3.05) is 13.1 Å². The molecule has 2 aromatic rings. The molecule has 3 N–H and O–H groups in total. The van der Waals surface area contributed by atoms with Gasteiger partial charge in [-0.1, -0.05) is 18.2 Å². The average molecular weight is 362 g/mol. The Bertz CT molecular complexity index is 890. The zero-order chi connectivity index (χ0) is 19.1. The minimum absolute atomic E-state index is 0.00829. The second-order valence-corrected chi connectivity index (χ2v) is 6.66. The fourth-order valence-corrected chi connectivity index (χ4v) is 3.31. The Morgan fingerprint density at radius 1 is 1.42 bits per heavy atom. The van der Waals surface area contributed by atoms with Gasteiger partial charge in [-0.3, -0.25) is 9.59 Å². The highest BCUT2D eigenvalue weighted by atomic mass is 19.3. The van der Waals surface area contributed by atoms with Crippen LogP contribution in [0.4, 0.5) is 8.78 Å². The van der Waals surface area contributed by atoms with Crippen molar-refractivity contribution in [3.05, 3.63) is 35.5 Å². The summed E-state index contributed by atoms with van der Waals surface area (Å²) < 4.78 is 27.2. The smallest absolute Gasteiger partial charge is 0.267 e. The zero-order valence-electron chi connectivity index (χ0n) is 14.5. The van der Waals surface area contributed by atoms with Gasteiger partial charge in [-0.05, 0) is 19.4 Å². The van der Waals surface area contributed by atoms with E-state index in [1.54, 1.807) is 12.3 Å². The predicted octanol–water partition coefficient (Wildman–Crippen LogP) is 2.48. The summed E-state index contributed by atoms with van der Waals surface area (Å²) in [5, 5.41) is 10.8. The van der Waals surface area contributed by atoms with Crippen LogP contribution in [0.3, 0.4) is 0 Å². The fourth-order valence-electron chi connectivity index (χ4n) is 3.31. The second kappa shape index (κ2) is 6.51. The highest BCUT2D eigenvalue weighted by Gasteiger charge is 2.47. The van der Waals surface area contributed by atoms with Crippen molar-refractivity contribution in [2.45, 2.75) is 32.2 Å². The number of hydrogen-bond acceptors (Lipinski definition) is 3. The Kier molecular flexibility index (Phi) is 4.52. The van der Waals surface area contributed by atoms with Crippen molar-refractivity contribution in [3.63, 3.8) is 0 Å². The number of aryl methyl sites for hydroxylation is 1. The van der Waals surface area contributed by atoms with Crippen LogP contribution in [0.15, 0.2) is 24.4 Å². The van der Waals surface area contributed by atoms with Crippen LogP contribution in [0.2, 0.25) is 0 Å². The van der Waals surface area contributed by atoms with Crippen LogP contribution in [0.5, 0.6) is 0 Å².